The van der Waals surface area contributed by atoms with Gasteiger partial charge in [0, 0.05) is 25.0 Å². The molecule has 11 nitrogen and oxygen atoms in total. The summed E-state index contributed by atoms with van der Waals surface area (Å²) in [4.78, 5) is 29.5. The lowest BCUT2D eigenvalue weighted by atomic mass is 10.2. The number of nitrogens with zero attached hydrogens (tertiary/aromatic N) is 7. The van der Waals surface area contributed by atoms with Crippen LogP contribution in [0.25, 0.3) is 22.6 Å². The van der Waals surface area contributed by atoms with Gasteiger partial charge in [-0.15, -0.1) is 0 Å². The van der Waals surface area contributed by atoms with E-state index < -0.39 is 12.0 Å². The summed E-state index contributed by atoms with van der Waals surface area (Å²) >= 11 is 0. The Morgan fingerprint density at radius 3 is 2.52 bits per heavy atom. The molecule has 0 aliphatic heterocycles. The first-order chi connectivity index (χ1) is 14.9. The highest BCUT2D eigenvalue weighted by Crippen LogP contribution is 2.32. The molecule has 4 aromatic heterocycles. The second kappa shape index (κ2) is 7.82. The molecule has 4 heterocycles. The first-order valence-electron chi connectivity index (χ1n) is 9.06. The molecule has 0 aliphatic rings. The normalized spacial score (nSPS) is 10.9. The summed E-state index contributed by atoms with van der Waals surface area (Å²) in [6, 6.07) is 6.77. The van der Waals surface area contributed by atoms with Gasteiger partial charge in [-0.2, -0.15) is 9.49 Å². The summed E-state index contributed by atoms with van der Waals surface area (Å²) in [5.74, 6) is -0.510. The zero-order valence-electron chi connectivity index (χ0n) is 16.7. The number of carbonyl (C=O) groups is 1. The molecule has 0 saturated heterocycles. The maximum Gasteiger partial charge on any atom is 0.413 e. The molecule has 158 valence electrons. The Kier molecular flexibility index (Phi) is 5.03. The maximum atomic E-state index is 14.1. The lowest BCUT2D eigenvalue weighted by Gasteiger charge is -2.18. The van der Waals surface area contributed by atoms with E-state index in [4.69, 9.17) is 11.5 Å². The summed E-state index contributed by atoms with van der Waals surface area (Å²) in [5.41, 5.74) is 13.4. The molecule has 0 unspecified atom stereocenters. The summed E-state index contributed by atoms with van der Waals surface area (Å²) in [5, 5.41) is 5.15. The molecule has 0 aromatic carbocycles. The number of ether oxygens (including phenoxy) is 1. The van der Waals surface area contributed by atoms with Crippen molar-refractivity contribution >= 4 is 34.4 Å². The van der Waals surface area contributed by atoms with Crippen molar-refractivity contribution < 1.29 is 13.9 Å². The Morgan fingerprint density at radius 1 is 1.16 bits per heavy atom. The van der Waals surface area contributed by atoms with Gasteiger partial charge < -0.3 is 16.2 Å². The molecule has 4 aromatic rings. The quantitative estimate of drug-likeness (QED) is 0.468. The van der Waals surface area contributed by atoms with Crippen LogP contribution in [-0.4, -0.2) is 50.0 Å². The highest BCUT2D eigenvalue weighted by Gasteiger charge is 2.23. The second-order valence-electron chi connectivity index (χ2n) is 6.53. The summed E-state index contributed by atoms with van der Waals surface area (Å²) in [6.07, 6.45) is 2.30. The standard InChI is InChI=1S/C19H18FN9O2/c1-28(19(30)31-2)13-15(21)25-17(26-16(13)22)12-11-6-4-8-24-18(11)29(27-12)9-10-5-3-7-23-14(10)20/h3-8H,9H2,1-2H3,(H4,21,22,25,26). The van der Waals surface area contributed by atoms with Gasteiger partial charge >= 0.3 is 6.09 Å². The lowest BCUT2D eigenvalue weighted by molar-refractivity contribution is 0.180. The molecule has 0 spiro atoms. The van der Waals surface area contributed by atoms with Crippen LogP contribution in [0.2, 0.25) is 0 Å². The number of methoxy groups -OCH3 is 1. The van der Waals surface area contributed by atoms with Crippen molar-refractivity contribution in [2.24, 2.45) is 0 Å². The van der Waals surface area contributed by atoms with Gasteiger partial charge in [-0.1, -0.05) is 6.07 Å². The summed E-state index contributed by atoms with van der Waals surface area (Å²) in [7, 11) is 2.67. The Hall–Kier alpha value is -4.35. The van der Waals surface area contributed by atoms with Gasteiger partial charge in [-0.3, -0.25) is 4.90 Å². The van der Waals surface area contributed by atoms with E-state index in [-0.39, 0.29) is 29.7 Å². The minimum Gasteiger partial charge on any atom is -0.452 e. The van der Waals surface area contributed by atoms with Crippen molar-refractivity contribution in [2.75, 3.05) is 30.5 Å². The number of rotatable bonds is 4. The van der Waals surface area contributed by atoms with Crippen molar-refractivity contribution in [3.05, 3.63) is 48.2 Å². The average molecular weight is 423 g/mol. The van der Waals surface area contributed by atoms with Crippen LogP contribution in [0.5, 0.6) is 0 Å². The maximum absolute atomic E-state index is 14.1. The second-order valence-corrected chi connectivity index (χ2v) is 6.53. The number of nitrogen functional groups attached to an aromatic ring is 2. The van der Waals surface area contributed by atoms with Gasteiger partial charge in [0.25, 0.3) is 0 Å². The van der Waals surface area contributed by atoms with Gasteiger partial charge in [0.1, 0.15) is 11.4 Å². The van der Waals surface area contributed by atoms with Crippen LogP contribution < -0.4 is 16.4 Å². The van der Waals surface area contributed by atoms with Crippen LogP contribution in [0, 0.1) is 5.95 Å². The number of halogens is 1. The first-order valence-corrected chi connectivity index (χ1v) is 9.06. The Balaban J connectivity index is 1.82. The van der Waals surface area contributed by atoms with E-state index in [1.54, 1.807) is 30.5 Å². The molecule has 4 rings (SSSR count). The molecular formula is C19H18FN9O2. The number of anilines is 3. The number of nitrogens with two attached hydrogens (primary N) is 2. The highest BCUT2D eigenvalue weighted by molar-refractivity contribution is 5.96. The number of fused-ring (bicyclic) bond motifs is 1. The zero-order valence-corrected chi connectivity index (χ0v) is 16.7. The molecular weight excluding hydrogens is 405 g/mol. The third-order valence-corrected chi connectivity index (χ3v) is 4.60. The van der Waals surface area contributed by atoms with Gasteiger partial charge in [-0.05, 0) is 18.2 Å². The fourth-order valence-electron chi connectivity index (χ4n) is 3.15. The van der Waals surface area contributed by atoms with Gasteiger partial charge in [0.05, 0.1) is 19.0 Å². The number of pyridine rings is 2. The molecule has 0 saturated carbocycles. The van der Waals surface area contributed by atoms with E-state index in [2.05, 4.69) is 29.8 Å². The number of aromatic nitrogens is 6. The van der Waals surface area contributed by atoms with E-state index in [1.165, 1.54) is 25.0 Å². The van der Waals surface area contributed by atoms with Crippen LogP contribution in [-0.2, 0) is 11.3 Å². The minimum atomic E-state index is -0.674. The molecule has 0 aliphatic carbocycles. The molecule has 31 heavy (non-hydrogen) atoms. The predicted octanol–water partition coefficient (Wildman–Crippen LogP) is 1.84. The molecule has 12 heteroatoms. The third-order valence-electron chi connectivity index (χ3n) is 4.60. The van der Waals surface area contributed by atoms with Crippen molar-refractivity contribution in [3.8, 4) is 11.5 Å². The van der Waals surface area contributed by atoms with E-state index in [9.17, 15) is 9.18 Å². The number of carbonyl (C=O) groups excluding carboxylic acids is 1. The summed E-state index contributed by atoms with van der Waals surface area (Å²) < 4.78 is 20.3. The average Bonchev–Trinajstić information content (AvgIpc) is 3.12. The monoisotopic (exact) mass is 423 g/mol. The molecule has 0 bridgehead atoms. The molecule has 0 fully saturated rings. The van der Waals surface area contributed by atoms with Crippen LogP contribution >= 0.6 is 0 Å². The fraction of sp³-hybridized carbons (Fsp3) is 0.158. The van der Waals surface area contributed by atoms with Crippen molar-refractivity contribution in [1.29, 1.82) is 0 Å². The topological polar surface area (TPSA) is 151 Å². The molecule has 1 amide bonds. The van der Waals surface area contributed by atoms with Crippen molar-refractivity contribution in [3.63, 3.8) is 0 Å². The predicted molar refractivity (Wildman–Crippen MR) is 111 cm³/mol. The van der Waals surface area contributed by atoms with Crippen LogP contribution in [0.4, 0.5) is 26.5 Å². The largest absolute Gasteiger partial charge is 0.452 e. The van der Waals surface area contributed by atoms with Gasteiger partial charge in [0.2, 0.25) is 5.95 Å². The third kappa shape index (κ3) is 3.54. The number of hydrogen-bond acceptors (Lipinski definition) is 9. The van der Waals surface area contributed by atoms with E-state index in [0.29, 0.717) is 22.3 Å². The first kappa shape index (κ1) is 19.9. The number of hydrogen-bond donors (Lipinski definition) is 2. The van der Waals surface area contributed by atoms with Crippen molar-refractivity contribution in [1.82, 2.24) is 29.7 Å². The van der Waals surface area contributed by atoms with Crippen molar-refractivity contribution in [2.45, 2.75) is 6.54 Å². The SMILES string of the molecule is COC(=O)N(C)c1c(N)nc(-c2nn(Cc3cccnc3F)c3ncccc23)nc1N. The Morgan fingerprint density at radius 2 is 1.84 bits per heavy atom. The van der Waals surface area contributed by atoms with E-state index >= 15 is 0 Å². The smallest absolute Gasteiger partial charge is 0.413 e. The Bertz CT molecular complexity index is 1270. The lowest BCUT2D eigenvalue weighted by Crippen LogP contribution is -2.28. The number of amides is 1. The molecule has 4 N–H and O–H groups in total. The summed E-state index contributed by atoms with van der Waals surface area (Å²) in [6.45, 7) is 0.0985. The van der Waals surface area contributed by atoms with Crippen LogP contribution in [0.15, 0.2) is 36.7 Å². The minimum absolute atomic E-state index is 0.0275. The fourth-order valence-corrected chi connectivity index (χ4v) is 3.15. The zero-order chi connectivity index (χ0) is 22.1. The van der Waals surface area contributed by atoms with Gasteiger partial charge in [0.15, 0.2) is 23.1 Å². The van der Waals surface area contributed by atoms with Crippen LogP contribution in [0.3, 0.4) is 0 Å². The Labute approximate surface area is 175 Å². The van der Waals surface area contributed by atoms with E-state index in [1.807, 2.05) is 0 Å². The van der Waals surface area contributed by atoms with E-state index in [0.717, 1.165) is 4.90 Å². The molecule has 0 radical (unpaired) electrons. The van der Waals surface area contributed by atoms with Gasteiger partial charge in [-0.25, -0.2) is 29.4 Å². The van der Waals surface area contributed by atoms with Crippen LogP contribution in [0.1, 0.15) is 5.56 Å². The molecule has 0 atom stereocenters. The highest BCUT2D eigenvalue weighted by atomic mass is 19.1.